The molecular formula is C22H19N3O7S. The van der Waals surface area contributed by atoms with Gasteiger partial charge in [0.2, 0.25) is 0 Å². The molecule has 3 aromatic rings. The van der Waals surface area contributed by atoms with Gasteiger partial charge >= 0.3 is 17.6 Å². The highest BCUT2D eigenvalue weighted by molar-refractivity contribution is 7.13. The van der Waals surface area contributed by atoms with Crippen molar-refractivity contribution in [3.05, 3.63) is 69.7 Å². The highest BCUT2D eigenvalue weighted by Gasteiger charge is 2.18. The number of carbonyl (C=O) groups is 2. The molecule has 0 spiro atoms. The summed E-state index contributed by atoms with van der Waals surface area (Å²) in [5, 5.41) is 16.6. The van der Waals surface area contributed by atoms with E-state index in [4.69, 9.17) is 9.47 Å². The summed E-state index contributed by atoms with van der Waals surface area (Å²) in [5.74, 6) is -1.28. The summed E-state index contributed by atoms with van der Waals surface area (Å²) in [5.41, 5.74) is 2.16. The second-order valence-electron chi connectivity index (χ2n) is 6.46. The number of ether oxygens (including phenoxy) is 3. The molecule has 0 aliphatic rings. The molecule has 170 valence electrons. The molecule has 1 heterocycles. The van der Waals surface area contributed by atoms with E-state index in [0.29, 0.717) is 22.0 Å². The number of benzene rings is 2. The van der Waals surface area contributed by atoms with Crippen LogP contribution in [-0.2, 0) is 19.1 Å². The first kappa shape index (κ1) is 23.4. The van der Waals surface area contributed by atoms with Gasteiger partial charge in [-0.25, -0.2) is 14.6 Å². The standard InChI is InChI=1S/C22H19N3O7S/c1-30-19-8-7-13(10-18(19)25(28)29)17-12-33-21(24-17)14-5-4-6-15(9-14)23-16(22(27)32-3)11-20(26)31-2/h4-12,23H,1-3H3/b16-11+. The lowest BCUT2D eigenvalue weighted by atomic mass is 10.1. The van der Waals surface area contributed by atoms with Gasteiger partial charge < -0.3 is 19.5 Å². The second-order valence-corrected chi connectivity index (χ2v) is 7.32. The normalized spacial score (nSPS) is 10.9. The average Bonchev–Trinajstić information content (AvgIpc) is 3.33. The molecule has 10 nitrogen and oxygen atoms in total. The van der Waals surface area contributed by atoms with Gasteiger partial charge in [0.25, 0.3) is 0 Å². The quantitative estimate of drug-likeness (QED) is 0.225. The molecule has 11 heteroatoms. The monoisotopic (exact) mass is 469 g/mol. The topological polar surface area (TPSA) is 130 Å². The molecule has 3 rings (SSSR count). The van der Waals surface area contributed by atoms with Crippen LogP contribution in [0.25, 0.3) is 21.8 Å². The predicted octanol–water partition coefficient (Wildman–Crippen LogP) is 4.04. The maximum atomic E-state index is 12.0. The molecule has 1 N–H and O–H groups in total. The van der Waals surface area contributed by atoms with Gasteiger partial charge in [-0.15, -0.1) is 11.3 Å². The summed E-state index contributed by atoms with van der Waals surface area (Å²) >= 11 is 1.35. The van der Waals surface area contributed by atoms with E-state index in [9.17, 15) is 19.7 Å². The number of nitrogens with one attached hydrogen (secondary N) is 1. The van der Waals surface area contributed by atoms with Gasteiger partial charge in [-0.1, -0.05) is 12.1 Å². The number of nitrogens with zero attached hydrogens (tertiary/aromatic N) is 2. The molecule has 0 saturated carbocycles. The first-order valence-corrected chi connectivity index (χ1v) is 10.3. The summed E-state index contributed by atoms with van der Waals surface area (Å²) in [7, 11) is 3.77. The van der Waals surface area contributed by atoms with Crippen LogP contribution < -0.4 is 10.1 Å². The lowest BCUT2D eigenvalue weighted by Crippen LogP contribution is -2.15. The zero-order valence-corrected chi connectivity index (χ0v) is 18.7. The third-order valence-electron chi connectivity index (χ3n) is 4.43. The van der Waals surface area contributed by atoms with Gasteiger partial charge in [-0.3, -0.25) is 10.1 Å². The van der Waals surface area contributed by atoms with E-state index in [1.165, 1.54) is 44.8 Å². The maximum absolute atomic E-state index is 12.0. The molecule has 0 bridgehead atoms. The molecule has 2 aromatic carbocycles. The summed E-state index contributed by atoms with van der Waals surface area (Å²) in [4.78, 5) is 38.9. The number of rotatable bonds is 8. The molecule has 1 aromatic heterocycles. The Hall–Kier alpha value is -4.25. The smallest absolute Gasteiger partial charge is 0.354 e. The third-order valence-corrected chi connectivity index (χ3v) is 5.32. The van der Waals surface area contributed by atoms with Gasteiger partial charge in [-0.2, -0.15) is 0 Å². The van der Waals surface area contributed by atoms with Crippen LogP contribution >= 0.6 is 11.3 Å². The number of thiazole rings is 1. The van der Waals surface area contributed by atoms with Crippen LogP contribution in [0.4, 0.5) is 11.4 Å². The van der Waals surface area contributed by atoms with Crippen molar-refractivity contribution in [3.63, 3.8) is 0 Å². The number of aromatic nitrogens is 1. The summed E-state index contributed by atoms with van der Waals surface area (Å²) in [6.07, 6.45) is 0.997. The van der Waals surface area contributed by atoms with Crippen molar-refractivity contribution in [2.24, 2.45) is 0 Å². The van der Waals surface area contributed by atoms with Crippen molar-refractivity contribution < 1.29 is 28.7 Å². The van der Waals surface area contributed by atoms with Crippen LogP contribution in [0.2, 0.25) is 0 Å². The fourth-order valence-corrected chi connectivity index (χ4v) is 3.68. The summed E-state index contributed by atoms with van der Waals surface area (Å²) in [6, 6.07) is 11.7. The molecule has 0 atom stereocenters. The van der Waals surface area contributed by atoms with Crippen LogP contribution in [-0.4, -0.2) is 43.2 Å². The molecule has 0 amide bonds. The van der Waals surface area contributed by atoms with E-state index in [1.807, 2.05) is 6.07 Å². The van der Waals surface area contributed by atoms with Gasteiger partial charge in [0, 0.05) is 28.3 Å². The lowest BCUT2D eigenvalue weighted by Gasteiger charge is -2.10. The van der Waals surface area contributed by atoms with Crippen LogP contribution in [0.1, 0.15) is 0 Å². The zero-order valence-electron chi connectivity index (χ0n) is 17.9. The average molecular weight is 469 g/mol. The Kier molecular flexibility index (Phi) is 7.36. The van der Waals surface area contributed by atoms with E-state index in [0.717, 1.165) is 11.6 Å². The Labute approximate surface area is 192 Å². The number of esters is 2. The van der Waals surface area contributed by atoms with Crippen molar-refractivity contribution in [3.8, 4) is 27.6 Å². The molecule has 0 fully saturated rings. The number of hydrogen-bond donors (Lipinski definition) is 1. The number of nitro benzene ring substituents is 1. The van der Waals surface area contributed by atoms with Crippen LogP contribution in [0, 0.1) is 10.1 Å². The Morgan fingerprint density at radius 2 is 1.88 bits per heavy atom. The molecular weight excluding hydrogens is 450 g/mol. The molecule has 0 unspecified atom stereocenters. The molecule has 0 saturated heterocycles. The highest BCUT2D eigenvalue weighted by Crippen LogP contribution is 2.35. The first-order chi connectivity index (χ1) is 15.9. The minimum atomic E-state index is -0.733. The van der Waals surface area contributed by atoms with Gasteiger partial charge in [0.15, 0.2) is 5.75 Å². The fourth-order valence-electron chi connectivity index (χ4n) is 2.85. The minimum Gasteiger partial charge on any atom is -0.490 e. The number of carbonyl (C=O) groups excluding carboxylic acids is 2. The van der Waals surface area contributed by atoms with Crippen LogP contribution in [0.5, 0.6) is 5.75 Å². The van der Waals surface area contributed by atoms with Crippen molar-refractivity contribution in [2.45, 2.75) is 0 Å². The Morgan fingerprint density at radius 1 is 1.09 bits per heavy atom. The molecule has 0 radical (unpaired) electrons. The van der Waals surface area contributed by atoms with E-state index in [2.05, 4.69) is 15.0 Å². The summed E-state index contributed by atoms with van der Waals surface area (Å²) in [6.45, 7) is 0. The van der Waals surface area contributed by atoms with Crippen LogP contribution in [0.15, 0.2) is 59.6 Å². The van der Waals surface area contributed by atoms with E-state index >= 15 is 0 Å². The maximum Gasteiger partial charge on any atom is 0.354 e. The van der Waals surface area contributed by atoms with Crippen molar-refractivity contribution >= 4 is 34.7 Å². The number of hydrogen-bond acceptors (Lipinski definition) is 10. The highest BCUT2D eigenvalue weighted by atomic mass is 32.1. The molecule has 0 aliphatic heterocycles. The lowest BCUT2D eigenvalue weighted by molar-refractivity contribution is -0.385. The fraction of sp³-hybridized carbons (Fsp3) is 0.136. The zero-order chi connectivity index (χ0) is 24.0. The van der Waals surface area contributed by atoms with Crippen molar-refractivity contribution in [1.29, 1.82) is 0 Å². The SMILES string of the molecule is COC(=O)/C=C(/Nc1cccc(-c2nc(-c3ccc(OC)c([N+](=O)[O-])c3)cs2)c1)C(=O)OC. The second kappa shape index (κ2) is 10.4. The number of nitro groups is 1. The van der Waals surface area contributed by atoms with Crippen molar-refractivity contribution in [2.75, 3.05) is 26.6 Å². The number of methoxy groups -OCH3 is 3. The minimum absolute atomic E-state index is 0.0909. The van der Waals surface area contributed by atoms with Gasteiger partial charge in [0.05, 0.1) is 38.0 Å². The first-order valence-electron chi connectivity index (χ1n) is 9.40. The van der Waals surface area contributed by atoms with E-state index < -0.39 is 16.9 Å². The Morgan fingerprint density at radius 3 is 2.55 bits per heavy atom. The van der Waals surface area contributed by atoms with E-state index in [1.54, 1.807) is 29.6 Å². The summed E-state index contributed by atoms with van der Waals surface area (Å²) < 4.78 is 14.3. The molecule has 0 aliphatic carbocycles. The largest absolute Gasteiger partial charge is 0.490 e. The molecule has 33 heavy (non-hydrogen) atoms. The van der Waals surface area contributed by atoms with Crippen molar-refractivity contribution in [1.82, 2.24) is 4.98 Å². The number of anilines is 1. The third kappa shape index (κ3) is 5.52. The van der Waals surface area contributed by atoms with Gasteiger partial charge in [0.1, 0.15) is 10.7 Å². The van der Waals surface area contributed by atoms with Crippen LogP contribution in [0.3, 0.4) is 0 Å². The predicted molar refractivity (Wildman–Crippen MR) is 122 cm³/mol. The Bertz CT molecular complexity index is 1240. The van der Waals surface area contributed by atoms with Gasteiger partial charge in [-0.05, 0) is 24.3 Å². The Balaban J connectivity index is 1.90. The van der Waals surface area contributed by atoms with E-state index in [-0.39, 0.29) is 17.1 Å².